The molecule has 1 atom stereocenters. The van der Waals surface area contributed by atoms with Gasteiger partial charge in [0, 0.05) is 13.1 Å². The Morgan fingerprint density at radius 3 is 2.75 bits per heavy atom. The quantitative estimate of drug-likeness (QED) is 0.763. The van der Waals surface area contributed by atoms with Gasteiger partial charge in [0.25, 0.3) is 0 Å². The first kappa shape index (κ1) is 15.0. The molecule has 7 heteroatoms. The van der Waals surface area contributed by atoms with E-state index in [1.807, 2.05) is 0 Å². The van der Waals surface area contributed by atoms with Crippen LogP contribution in [0.25, 0.3) is 0 Å². The van der Waals surface area contributed by atoms with Gasteiger partial charge in [-0.2, -0.15) is 4.31 Å². The van der Waals surface area contributed by atoms with Crippen molar-refractivity contribution in [3.63, 3.8) is 0 Å². The molecule has 1 aliphatic heterocycles. The molecular weight excluding hydrogens is 282 g/mol. The number of nitrogens with zero attached hydrogens (tertiary/aromatic N) is 1. The van der Waals surface area contributed by atoms with Gasteiger partial charge in [-0.05, 0) is 12.1 Å². The van der Waals surface area contributed by atoms with Crippen molar-refractivity contribution in [3.05, 3.63) is 30.3 Å². The molecule has 0 saturated carbocycles. The predicted molar refractivity (Wildman–Crippen MR) is 71.6 cm³/mol. The summed E-state index contributed by atoms with van der Waals surface area (Å²) in [7, 11) is -2.24. The molecule has 0 bridgehead atoms. The number of benzene rings is 1. The summed E-state index contributed by atoms with van der Waals surface area (Å²) < 4.78 is 36.2. The van der Waals surface area contributed by atoms with Crippen molar-refractivity contribution in [3.8, 4) is 0 Å². The van der Waals surface area contributed by atoms with Crippen LogP contribution in [0.3, 0.4) is 0 Å². The molecule has 0 aliphatic carbocycles. The molecule has 1 fully saturated rings. The molecule has 1 aromatic rings. The van der Waals surface area contributed by atoms with Crippen molar-refractivity contribution in [2.45, 2.75) is 17.4 Å². The van der Waals surface area contributed by atoms with E-state index in [0.717, 1.165) is 0 Å². The van der Waals surface area contributed by atoms with Crippen LogP contribution in [0.4, 0.5) is 0 Å². The summed E-state index contributed by atoms with van der Waals surface area (Å²) in [6.07, 6.45) is -0.410. The molecule has 1 heterocycles. The molecule has 1 aromatic carbocycles. The number of esters is 1. The van der Waals surface area contributed by atoms with Crippen molar-refractivity contribution in [1.82, 2.24) is 4.31 Å². The van der Waals surface area contributed by atoms with E-state index in [9.17, 15) is 13.2 Å². The number of ether oxygens (including phenoxy) is 2. The molecule has 0 aromatic heterocycles. The van der Waals surface area contributed by atoms with Gasteiger partial charge in [0.15, 0.2) is 0 Å². The van der Waals surface area contributed by atoms with E-state index in [1.165, 1.54) is 11.4 Å². The molecule has 110 valence electrons. The van der Waals surface area contributed by atoms with Crippen LogP contribution < -0.4 is 0 Å². The lowest BCUT2D eigenvalue weighted by Gasteiger charge is -2.31. The zero-order valence-electron chi connectivity index (χ0n) is 11.2. The maximum atomic E-state index is 12.4. The third-order valence-electron chi connectivity index (χ3n) is 3.10. The third kappa shape index (κ3) is 3.36. The number of hydrogen-bond donors (Lipinski definition) is 0. The van der Waals surface area contributed by atoms with Gasteiger partial charge >= 0.3 is 5.97 Å². The average Bonchev–Trinajstić information content (AvgIpc) is 2.48. The van der Waals surface area contributed by atoms with Crippen LogP contribution in [-0.4, -0.2) is 51.6 Å². The van der Waals surface area contributed by atoms with E-state index in [4.69, 9.17) is 4.74 Å². The Hall–Kier alpha value is -1.44. The summed E-state index contributed by atoms with van der Waals surface area (Å²) in [6, 6.07) is 8.23. The molecule has 0 N–H and O–H groups in total. The van der Waals surface area contributed by atoms with Crippen LogP contribution in [0, 0.1) is 0 Å². The molecule has 20 heavy (non-hydrogen) atoms. The van der Waals surface area contributed by atoms with Crippen molar-refractivity contribution < 1.29 is 22.7 Å². The number of sulfonamides is 1. The van der Waals surface area contributed by atoms with Crippen molar-refractivity contribution in [1.29, 1.82) is 0 Å². The predicted octanol–water partition coefficient (Wildman–Crippen LogP) is 0.639. The standard InChI is InChI=1S/C13H17NO5S/c1-18-13(15)9-11-10-14(7-8-19-11)20(16,17)12-5-3-2-4-6-12/h2-6,11H,7-10H2,1H3. The summed E-state index contributed by atoms with van der Waals surface area (Å²) in [5, 5.41) is 0. The van der Waals surface area contributed by atoms with Gasteiger partial charge < -0.3 is 9.47 Å². The highest BCUT2D eigenvalue weighted by Gasteiger charge is 2.31. The molecule has 0 amide bonds. The van der Waals surface area contributed by atoms with E-state index in [1.54, 1.807) is 30.3 Å². The maximum absolute atomic E-state index is 12.4. The van der Waals surface area contributed by atoms with Gasteiger partial charge in [0.1, 0.15) is 0 Å². The number of methoxy groups -OCH3 is 1. The molecule has 1 unspecified atom stereocenters. The molecule has 1 saturated heterocycles. The Balaban J connectivity index is 2.11. The lowest BCUT2D eigenvalue weighted by atomic mass is 10.2. The van der Waals surface area contributed by atoms with E-state index >= 15 is 0 Å². The van der Waals surface area contributed by atoms with Crippen LogP contribution in [0.1, 0.15) is 6.42 Å². The van der Waals surface area contributed by atoms with Gasteiger partial charge in [-0.25, -0.2) is 8.42 Å². The summed E-state index contributed by atoms with van der Waals surface area (Å²) in [4.78, 5) is 11.5. The van der Waals surface area contributed by atoms with Gasteiger partial charge in [0.2, 0.25) is 10.0 Å². The van der Waals surface area contributed by atoms with Crippen LogP contribution in [0.15, 0.2) is 35.2 Å². The van der Waals surface area contributed by atoms with Crippen molar-refractivity contribution in [2.24, 2.45) is 0 Å². The van der Waals surface area contributed by atoms with Crippen molar-refractivity contribution >= 4 is 16.0 Å². The molecule has 1 aliphatic rings. The van der Waals surface area contributed by atoms with Crippen molar-refractivity contribution in [2.75, 3.05) is 26.8 Å². The number of hydrogen-bond acceptors (Lipinski definition) is 5. The smallest absolute Gasteiger partial charge is 0.308 e. The first-order valence-corrected chi connectivity index (χ1v) is 7.71. The minimum absolute atomic E-state index is 0.0529. The minimum Gasteiger partial charge on any atom is -0.469 e. The lowest BCUT2D eigenvalue weighted by Crippen LogP contribution is -2.46. The van der Waals surface area contributed by atoms with E-state index in [0.29, 0.717) is 0 Å². The first-order chi connectivity index (χ1) is 9.54. The fourth-order valence-corrected chi connectivity index (χ4v) is 3.52. The Morgan fingerprint density at radius 1 is 1.40 bits per heavy atom. The number of carbonyl (C=O) groups is 1. The van der Waals surface area contributed by atoms with Gasteiger partial charge in [-0.15, -0.1) is 0 Å². The Labute approximate surface area is 118 Å². The molecule has 2 rings (SSSR count). The Morgan fingerprint density at radius 2 is 2.10 bits per heavy atom. The Kier molecular flexibility index (Phi) is 4.74. The summed E-state index contributed by atoms with van der Waals surface area (Å²) in [6.45, 7) is 0.717. The monoisotopic (exact) mass is 299 g/mol. The zero-order chi connectivity index (χ0) is 14.6. The second-order valence-corrected chi connectivity index (χ2v) is 6.39. The average molecular weight is 299 g/mol. The fourth-order valence-electron chi connectivity index (χ4n) is 2.04. The minimum atomic E-state index is -3.54. The van der Waals surface area contributed by atoms with Crippen LogP contribution in [0.5, 0.6) is 0 Å². The highest BCUT2D eigenvalue weighted by Crippen LogP contribution is 2.19. The fraction of sp³-hybridized carbons (Fsp3) is 0.462. The number of carbonyl (C=O) groups excluding carboxylic acids is 1. The number of rotatable bonds is 4. The molecule has 6 nitrogen and oxygen atoms in total. The van der Waals surface area contributed by atoms with Gasteiger partial charge in [-0.3, -0.25) is 4.79 Å². The summed E-state index contributed by atoms with van der Waals surface area (Å²) >= 11 is 0. The number of morpholine rings is 1. The van der Waals surface area contributed by atoms with Crippen LogP contribution >= 0.6 is 0 Å². The molecular formula is C13H17NO5S. The third-order valence-corrected chi connectivity index (χ3v) is 4.98. The van der Waals surface area contributed by atoms with Gasteiger partial charge in [-0.1, -0.05) is 18.2 Å². The van der Waals surface area contributed by atoms with E-state index < -0.39 is 22.1 Å². The summed E-state index contributed by atoms with van der Waals surface area (Å²) in [5.74, 6) is -0.408. The largest absolute Gasteiger partial charge is 0.469 e. The zero-order valence-corrected chi connectivity index (χ0v) is 12.0. The van der Waals surface area contributed by atoms with E-state index in [2.05, 4.69) is 4.74 Å². The van der Waals surface area contributed by atoms with Gasteiger partial charge in [0.05, 0.1) is 31.1 Å². The maximum Gasteiger partial charge on any atom is 0.308 e. The van der Waals surface area contributed by atoms with Crippen LogP contribution in [-0.2, 0) is 24.3 Å². The molecule has 0 spiro atoms. The highest BCUT2D eigenvalue weighted by atomic mass is 32.2. The topological polar surface area (TPSA) is 72.9 Å². The highest BCUT2D eigenvalue weighted by molar-refractivity contribution is 7.89. The first-order valence-electron chi connectivity index (χ1n) is 6.27. The normalized spacial score (nSPS) is 20.6. The van der Waals surface area contributed by atoms with Crippen LogP contribution in [0.2, 0.25) is 0 Å². The second kappa shape index (κ2) is 6.34. The SMILES string of the molecule is COC(=O)CC1CN(S(=O)(=O)c2ccccc2)CCO1. The Bertz CT molecular complexity index is 557. The van der Waals surface area contributed by atoms with E-state index in [-0.39, 0.29) is 31.0 Å². The summed E-state index contributed by atoms with van der Waals surface area (Å²) in [5.41, 5.74) is 0. The lowest BCUT2D eigenvalue weighted by molar-refractivity contribution is -0.145. The second-order valence-electron chi connectivity index (χ2n) is 4.45. The molecule has 0 radical (unpaired) electrons.